The van der Waals surface area contributed by atoms with E-state index >= 15 is 0 Å². The van der Waals surface area contributed by atoms with Crippen LogP contribution in [-0.2, 0) is 20.0 Å². The van der Waals surface area contributed by atoms with Gasteiger partial charge in [-0.25, -0.2) is 22.0 Å². The first-order valence-electron chi connectivity index (χ1n) is 5.80. The highest BCUT2D eigenvalue weighted by Gasteiger charge is 2.24. The number of sulfonamides is 2. The Balaban J connectivity index is 3.32. The van der Waals surface area contributed by atoms with Crippen LogP contribution in [0.3, 0.4) is 0 Å². The Hall–Kier alpha value is -1.40. The monoisotopic (exact) mass is 316 g/mol. The summed E-state index contributed by atoms with van der Waals surface area (Å²) in [5, 5.41) is 4.99. The van der Waals surface area contributed by atoms with Crippen LogP contribution in [0, 0.1) is 12.3 Å². The molecule has 20 heavy (non-hydrogen) atoms. The first kappa shape index (κ1) is 16.7. The second kappa shape index (κ2) is 6.37. The van der Waals surface area contributed by atoms with Gasteiger partial charge >= 0.3 is 0 Å². The van der Waals surface area contributed by atoms with Gasteiger partial charge in [0.1, 0.15) is 0 Å². The first-order valence-corrected chi connectivity index (χ1v) is 8.78. The molecule has 0 heterocycles. The molecule has 0 fully saturated rings. The van der Waals surface area contributed by atoms with Gasteiger partial charge in [0.05, 0.1) is 16.3 Å². The van der Waals surface area contributed by atoms with E-state index in [-0.39, 0.29) is 22.9 Å². The van der Waals surface area contributed by atoms with Crippen LogP contribution < -0.4 is 5.14 Å². The lowest BCUT2D eigenvalue weighted by atomic mass is 10.4. The maximum atomic E-state index is 12.4. The average Bonchev–Trinajstić information content (AvgIpc) is 2.37. The molecule has 0 atom stereocenters. The van der Waals surface area contributed by atoms with Crippen LogP contribution in [0.25, 0.3) is 0 Å². The number of rotatable bonds is 6. The van der Waals surface area contributed by atoms with Gasteiger partial charge in [-0.05, 0) is 24.6 Å². The number of nitrogens with two attached hydrogens (primary N) is 1. The minimum Gasteiger partial charge on any atom is -0.225 e. The normalized spacial score (nSPS) is 12.3. The fourth-order valence-electron chi connectivity index (χ4n) is 1.60. The number of nitrogens with zero attached hydrogens (tertiary/aromatic N) is 1. The lowest BCUT2D eigenvalue weighted by molar-refractivity contribution is 0.445. The Morgan fingerprint density at radius 1 is 1.25 bits per heavy atom. The van der Waals surface area contributed by atoms with Crippen molar-refractivity contribution < 1.29 is 16.8 Å². The quantitative estimate of drug-likeness (QED) is 0.767. The molecule has 0 spiro atoms. The van der Waals surface area contributed by atoms with Crippen LogP contribution in [0.2, 0.25) is 0 Å². The highest BCUT2D eigenvalue weighted by molar-refractivity contribution is 7.90. The number of hydrogen-bond donors (Lipinski definition) is 1. The third-order valence-corrected chi connectivity index (χ3v) is 5.26. The maximum Gasteiger partial charge on any atom is 0.243 e. The number of primary sulfonamides is 1. The summed E-state index contributed by atoms with van der Waals surface area (Å²) in [5.41, 5.74) is 0. The Kier molecular flexibility index (Phi) is 5.30. The van der Waals surface area contributed by atoms with Gasteiger partial charge in [-0.3, -0.25) is 0 Å². The molecule has 0 unspecified atom stereocenters. The SMILES string of the molecule is C#CCN(CCC)S(=O)(=O)c1cccc(S(N)(=O)=O)c1. The van der Waals surface area contributed by atoms with Crippen LogP contribution >= 0.6 is 0 Å². The maximum absolute atomic E-state index is 12.4. The zero-order valence-corrected chi connectivity index (χ0v) is 12.6. The van der Waals surface area contributed by atoms with Crippen molar-refractivity contribution >= 4 is 20.0 Å². The minimum atomic E-state index is -3.96. The molecule has 0 amide bonds. The first-order chi connectivity index (χ1) is 9.23. The lowest BCUT2D eigenvalue weighted by Crippen LogP contribution is -2.32. The number of terminal acetylenes is 1. The van der Waals surface area contributed by atoms with Crippen molar-refractivity contribution in [2.24, 2.45) is 5.14 Å². The van der Waals surface area contributed by atoms with Gasteiger partial charge in [0, 0.05) is 6.54 Å². The van der Waals surface area contributed by atoms with E-state index in [4.69, 9.17) is 11.6 Å². The molecule has 2 N–H and O–H groups in total. The van der Waals surface area contributed by atoms with Gasteiger partial charge in [-0.1, -0.05) is 18.9 Å². The summed E-state index contributed by atoms with van der Waals surface area (Å²) in [6, 6.07) is 4.90. The third-order valence-electron chi connectivity index (χ3n) is 2.51. The molecule has 0 aromatic heterocycles. The topological polar surface area (TPSA) is 97.5 Å². The summed E-state index contributed by atoms with van der Waals surface area (Å²) in [7, 11) is -7.80. The fraction of sp³-hybridized carbons (Fsp3) is 0.333. The van der Waals surface area contributed by atoms with Crippen molar-refractivity contribution in [2.45, 2.75) is 23.1 Å². The van der Waals surface area contributed by atoms with E-state index in [1.165, 1.54) is 18.2 Å². The molecular formula is C12H16N2O4S2. The number of hydrogen-bond acceptors (Lipinski definition) is 4. The fourth-order valence-corrected chi connectivity index (χ4v) is 3.72. The largest absolute Gasteiger partial charge is 0.243 e. The van der Waals surface area contributed by atoms with E-state index in [2.05, 4.69) is 5.92 Å². The predicted octanol–water partition coefficient (Wildman–Crippen LogP) is 0.368. The average molecular weight is 316 g/mol. The van der Waals surface area contributed by atoms with Gasteiger partial charge in [0.15, 0.2) is 0 Å². The van der Waals surface area contributed by atoms with E-state index in [9.17, 15) is 16.8 Å². The summed E-state index contributed by atoms with van der Waals surface area (Å²) >= 11 is 0. The molecule has 8 heteroatoms. The standard InChI is InChI=1S/C12H16N2O4S2/c1-3-8-14(9-4-2)20(17,18)12-7-5-6-11(10-12)19(13,15)16/h1,5-7,10H,4,8-9H2,2H3,(H2,13,15,16). The smallest absolute Gasteiger partial charge is 0.225 e. The van der Waals surface area contributed by atoms with E-state index < -0.39 is 20.0 Å². The molecule has 1 aromatic rings. The molecule has 0 radical (unpaired) electrons. The lowest BCUT2D eigenvalue weighted by Gasteiger charge is -2.19. The molecule has 0 bridgehead atoms. The van der Waals surface area contributed by atoms with Crippen LogP contribution in [0.5, 0.6) is 0 Å². The molecule has 6 nitrogen and oxygen atoms in total. The molecule has 0 aliphatic heterocycles. The zero-order chi connectivity index (χ0) is 15.4. The second-order valence-corrected chi connectivity index (χ2v) is 7.56. The Bertz CT molecular complexity index is 718. The predicted molar refractivity (Wildman–Crippen MR) is 75.7 cm³/mol. The van der Waals surface area contributed by atoms with Gasteiger partial charge in [0.25, 0.3) is 0 Å². The molecule has 1 rings (SSSR count). The van der Waals surface area contributed by atoms with Crippen molar-refractivity contribution in [1.29, 1.82) is 0 Å². The summed E-state index contributed by atoms with van der Waals surface area (Å²) in [6.45, 7) is 2.00. The number of benzene rings is 1. The molecular weight excluding hydrogens is 300 g/mol. The minimum absolute atomic E-state index is 0.0736. The second-order valence-electron chi connectivity index (χ2n) is 4.06. The van der Waals surface area contributed by atoms with Crippen molar-refractivity contribution in [3.63, 3.8) is 0 Å². The Labute approximate surface area is 119 Å². The highest BCUT2D eigenvalue weighted by Crippen LogP contribution is 2.19. The van der Waals surface area contributed by atoms with Crippen molar-refractivity contribution in [2.75, 3.05) is 13.1 Å². The van der Waals surface area contributed by atoms with Crippen LogP contribution in [0.4, 0.5) is 0 Å². The van der Waals surface area contributed by atoms with Crippen molar-refractivity contribution in [3.8, 4) is 12.3 Å². The third kappa shape index (κ3) is 3.80. The highest BCUT2D eigenvalue weighted by atomic mass is 32.2. The summed E-state index contributed by atoms with van der Waals surface area (Å²) in [4.78, 5) is -0.400. The van der Waals surface area contributed by atoms with Crippen LogP contribution in [0.1, 0.15) is 13.3 Å². The van der Waals surface area contributed by atoms with Gasteiger partial charge in [-0.2, -0.15) is 4.31 Å². The zero-order valence-electron chi connectivity index (χ0n) is 11.0. The van der Waals surface area contributed by atoms with Gasteiger partial charge in [0.2, 0.25) is 20.0 Å². The molecule has 0 saturated carbocycles. The van der Waals surface area contributed by atoms with Crippen LogP contribution in [-0.4, -0.2) is 34.2 Å². The molecule has 110 valence electrons. The molecule has 0 aliphatic rings. The van der Waals surface area contributed by atoms with Gasteiger partial charge < -0.3 is 0 Å². The van der Waals surface area contributed by atoms with E-state index in [1.54, 1.807) is 0 Å². The van der Waals surface area contributed by atoms with Crippen molar-refractivity contribution in [3.05, 3.63) is 24.3 Å². The van der Waals surface area contributed by atoms with E-state index in [1.807, 2.05) is 6.92 Å². The Morgan fingerprint density at radius 3 is 2.35 bits per heavy atom. The van der Waals surface area contributed by atoms with Gasteiger partial charge in [-0.15, -0.1) is 6.42 Å². The molecule has 0 aliphatic carbocycles. The molecule has 1 aromatic carbocycles. The summed E-state index contributed by atoms with van der Waals surface area (Å²) < 4.78 is 48.4. The van der Waals surface area contributed by atoms with E-state index in [0.717, 1.165) is 10.4 Å². The van der Waals surface area contributed by atoms with Crippen molar-refractivity contribution in [1.82, 2.24) is 4.31 Å². The van der Waals surface area contributed by atoms with Crippen LogP contribution in [0.15, 0.2) is 34.1 Å². The van der Waals surface area contributed by atoms with E-state index in [0.29, 0.717) is 6.42 Å². The summed E-state index contributed by atoms with van der Waals surface area (Å²) in [5.74, 6) is 2.28. The summed E-state index contributed by atoms with van der Waals surface area (Å²) in [6.07, 6.45) is 5.75. The molecule has 0 saturated heterocycles. The Morgan fingerprint density at radius 2 is 1.85 bits per heavy atom.